The smallest absolute Gasteiger partial charge is 0.256 e. The Balaban J connectivity index is 1.86. The van der Waals surface area contributed by atoms with Crippen LogP contribution in [0, 0.1) is 5.82 Å². The van der Waals surface area contributed by atoms with Gasteiger partial charge in [0, 0.05) is 36.8 Å². The van der Waals surface area contributed by atoms with Crippen LogP contribution < -0.4 is 0 Å². The van der Waals surface area contributed by atoms with Gasteiger partial charge < -0.3 is 4.90 Å². The molecule has 0 saturated heterocycles. The number of aromatic amines is 1. The Morgan fingerprint density at radius 3 is 2.70 bits per heavy atom. The number of halogens is 1. The van der Waals surface area contributed by atoms with E-state index in [2.05, 4.69) is 15.2 Å². The fourth-order valence-corrected chi connectivity index (χ4v) is 3.06. The molecular weight excluding hydrogens is 343 g/mol. The number of aromatic nitrogens is 3. The van der Waals surface area contributed by atoms with Crippen molar-refractivity contribution in [2.45, 2.75) is 0 Å². The molecule has 6 heteroatoms. The average Bonchev–Trinajstić information content (AvgIpc) is 3.15. The molecule has 0 spiro atoms. The number of rotatable bonds is 3. The van der Waals surface area contributed by atoms with Crippen LogP contribution >= 0.6 is 0 Å². The summed E-state index contributed by atoms with van der Waals surface area (Å²) in [5.41, 5.74) is 4.22. The summed E-state index contributed by atoms with van der Waals surface area (Å²) in [6.07, 6.45) is 3.45. The van der Waals surface area contributed by atoms with Crippen LogP contribution in [-0.4, -0.2) is 40.1 Å². The second-order valence-electron chi connectivity index (χ2n) is 6.47. The van der Waals surface area contributed by atoms with Crippen molar-refractivity contribution in [3.63, 3.8) is 0 Å². The van der Waals surface area contributed by atoms with Gasteiger partial charge in [0.05, 0.1) is 23.0 Å². The lowest BCUT2D eigenvalue weighted by Crippen LogP contribution is -2.22. The molecule has 0 aliphatic carbocycles. The van der Waals surface area contributed by atoms with Crippen LogP contribution in [0.3, 0.4) is 0 Å². The number of benzene rings is 2. The number of carbonyl (C=O) groups excluding carboxylic acids is 1. The van der Waals surface area contributed by atoms with Crippen LogP contribution in [0.4, 0.5) is 4.39 Å². The lowest BCUT2D eigenvalue weighted by molar-refractivity contribution is 0.0823. The quantitative estimate of drug-likeness (QED) is 0.597. The van der Waals surface area contributed by atoms with Gasteiger partial charge >= 0.3 is 0 Å². The molecule has 0 radical (unpaired) electrons. The van der Waals surface area contributed by atoms with E-state index < -0.39 is 5.82 Å². The summed E-state index contributed by atoms with van der Waals surface area (Å²) in [6.45, 7) is 0. The van der Waals surface area contributed by atoms with E-state index in [0.717, 1.165) is 22.0 Å². The molecule has 4 aromatic rings. The first-order valence-corrected chi connectivity index (χ1v) is 8.44. The summed E-state index contributed by atoms with van der Waals surface area (Å²) in [4.78, 5) is 18.1. The van der Waals surface area contributed by atoms with Gasteiger partial charge in [-0.2, -0.15) is 5.10 Å². The van der Waals surface area contributed by atoms with Crippen LogP contribution in [0.2, 0.25) is 0 Å². The molecule has 2 heterocycles. The SMILES string of the molecule is CN(C)C(=O)c1cc(-c2ncccc2-c2ccc3[nH]ncc3c2)ccc1F. The van der Waals surface area contributed by atoms with Gasteiger partial charge in [0.25, 0.3) is 5.91 Å². The molecule has 134 valence electrons. The van der Waals surface area contributed by atoms with E-state index in [4.69, 9.17) is 0 Å². The second-order valence-corrected chi connectivity index (χ2v) is 6.47. The number of hydrogen-bond donors (Lipinski definition) is 1. The lowest BCUT2D eigenvalue weighted by atomic mass is 9.97. The molecule has 0 saturated carbocycles. The molecular formula is C21H17FN4O. The Labute approximate surface area is 155 Å². The third-order valence-electron chi connectivity index (χ3n) is 4.44. The normalized spacial score (nSPS) is 10.9. The van der Waals surface area contributed by atoms with Gasteiger partial charge in [0.15, 0.2) is 0 Å². The predicted octanol–water partition coefficient (Wildman–Crippen LogP) is 4.13. The van der Waals surface area contributed by atoms with Crippen molar-refractivity contribution >= 4 is 16.8 Å². The number of H-pyrrole nitrogens is 1. The third kappa shape index (κ3) is 3.06. The Morgan fingerprint density at radius 2 is 1.89 bits per heavy atom. The number of pyridine rings is 1. The van der Waals surface area contributed by atoms with Crippen molar-refractivity contribution in [3.8, 4) is 22.4 Å². The standard InChI is InChI=1S/C21H17FN4O/c1-26(2)21(27)17-11-14(5-7-18(17)22)20-16(4-3-9-23-20)13-6-8-19-15(10-13)12-24-25-19/h3-12H,1-2H3,(H,24,25). The predicted molar refractivity (Wildman–Crippen MR) is 103 cm³/mol. The van der Waals surface area contributed by atoms with Crippen LogP contribution in [0.5, 0.6) is 0 Å². The van der Waals surface area contributed by atoms with E-state index in [1.165, 1.54) is 11.0 Å². The van der Waals surface area contributed by atoms with Gasteiger partial charge in [-0.3, -0.25) is 14.9 Å². The number of carbonyl (C=O) groups is 1. The monoisotopic (exact) mass is 360 g/mol. The van der Waals surface area contributed by atoms with E-state index in [-0.39, 0.29) is 11.5 Å². The average molecular weight is 360 g/mol. The fourth-order valence-electron chi connectivity index (χ4n) is 3.06. The van der Waals surface area contributed by atoms with Crippen LogP contribution in [0.15, 0.2) is 60.9 Å². The molecule has 0 bridgehead atoms. The summed E-state index contributed by atoms with van der Waals surface area (Å²) >= 11 is 0. The van der Waals surface area contributed by atoms with Gasteiger partial charge in [-0.1, -0.05) is 12.1 Å². The molecule has 0 fully saturated rings. The number of nitrogens with one attached hydrogen (secondary N) is 1. The second kappa shape index (κ2) is 6.64. The molecule has 2 aromatic carbocycles. The fraction of sp³-hybridized carbons (Fsp3) is 0.0952. The third-order valence-corrected chi connectivity index (χ3v) is 4.44. The van der Waals surface area contributed by atoms with Crippen molar-refractivity contribution in [3.05, 3.63) is 72.3 Å². The van der Waals surface area contributed by atoms with Gasteiger partial charge in [-0.15, -0.1) is 0 Å². The summed E-state index contributed by atoms with van der Waals surface area (Å²) in [5, 5.41) is 7.97. The maximum Gasteiger partial charge on any atom is 0.256 e. The maximum absolute atomic E-state index is 14.2. The summed E-state index contributed by atoms with van der Waals surface area (Å²) < 4.78 is 14.2. The van der Waals surface area contributed by atoms with E-state index >= 15 is 0 Å². The molecule has 27 heavy (non-hydrogen) atoms. The van der Waals surface area contributed by atoms with E-state index in [1.54, 1.807) is 38.6 Å². The maximum atomic E-state index is 14.2. The lowest BCUT2D eigenvalue weighted by Gasteiger charge is -2.13. The van der Waals surface area contributed by atoms with Gasteiger partial charge in [-0.25, -0.2) is 4.39 Å². The molecule has 0 aliphatic rings. The highest BCUT2D eigenvalue weighted by atomic mass is 19.1. The number of hydrogen-bond acceptors (Lipinski definition) is 3. The zero-order valence-corrected chi connectivity index (χ0v) is 14.9. The summed E-state index contributed by atoms with van der Waals surface area (Å²) in [6, 6.07) is 14.3. The largest absolute Gasteiger partial charge is 0.345 e. The topological polar surface area (TPSA) is 61.9 Å². The Morgan fingerprint density at radius 1 is 1.07 bits per heavy atom. The Bertz CT molecular complexity index is 1150. The minimum absolute atomic E-state index is 0.0272. The molecule has 5 nitrogen and oxygen atoms in total. The van der Waals surface area contributed by atoms with Crippen LogP contribution in [-0.2, 0) is 0 Å². The van der Waals surface area contributed by atoms with E-state index in [1.807, 2.05) is 30.3 Å². The number of nitrogens with zero attached hydrogens (tertiary/aromatic N) is 3. The van der Waals surface area contributed by atoms with Crippen molar-refractivity contribution < 1.29 is 9.18 Å². The van der Waals surface area contributed by atoms with Gasteiger partial charge in [0.1, 0.15) is 5.82 Å². The first kappa shape index (κ1) is 16.9. The Kier molecular flexibility index (Phi) is 4.16. The molecule has 0 aliphatic heterocycles. The molecule has 2 aromatic heterocycles. The zero-order chi connectivity index (χ0) is 19.0. The van der Waals surface area contributed by atoms with Gasteiger partial charge in [-0.05, 0) is 42.0 Å². The van der Waals surface area contributed by atoms with Crippen molar-refractivity contribution in [2.75, 3.05) is 14.1 Å². The molecule has 1 N–H and O–H groups in total. The highest BCUT2D eigenvalue weighted by Crippen LogP contribution is 2.32. The van der Waals surface area contributed by atoms with Crippen molar-refractivity contribution in [2.24, 2.45) is 0 Å². The molecule has 0 unspecified atom stereocenters. The van der Waals surface area contributed by atoms with Gasteiger partial charge in [0.2, 0.25) is 0 Å². The first-order chi connectivity index (χ1) is 13.0. The van der Waals surface area contributed by atoms with E-state index in [0.29, 0.717) is 11.3 Å². The Hall–Kier alpha value is -3.54. The molecule has 1 amide bonds. The summed E-state index contributed by atoms with van der Waals surface area (Å²) in [5.74, 6) is -0.929. The van der Waals surface area contributed by atoms with Crippen LogP contribution in [0.25, 0.3) is 33.3 Å². The van der Waals surface area contributed by atoms with E-state index in [9.17, 15) is 9.18 Å². The van der Waals surface area contributed by atoms with Crippen LogP contribution in [0.1, 0.15) is 10.4 Å². The van der Waals surface area contributed by atoms with Crippen molar-refractivity contribution in [1.29, 1.82) is 0 Å². The minimum Gasteiger partial charge on any atom is -0.345 e. The highest BCUT2D eigenvalue weighted by molar-refractivity contribution is 5.96. The minimum atomic E-state index is -0.547. The first-order valence-electron chi connectivity index (χ1n) is 8.44. The molecule has 0 atom stereocenters. The number of fused-ring (bicyclic) bond motifs is 1. The van der Waals surface area contributed by atoms with Crippen molar-refractivity contribution in [1.82, 2.24) is 20.1 Å². The molecule has 4 rings (SSSR count). The number of amides is 1. The summed E-state index contributed by atoms with van der Waals surface area (Å²) in [7, 11) is 3.20. The zero-order valence-electron chi connectivity index (χ0n) is 14.9. The highest BCUT2D eigenvalue weighted by Gasteiger charge is 2.17.